The lowest BCUT2D eigenvalue weighted by molar-refractivity contribution is -0.123. The number of primary amides is 1. The molecule has 2 aliphatic rings. The summed E-state index contributed by atoms with van der Waals surface area (Å²) in [4.78, 5) is 11.2. The second kappa shape index (κ2) is 2.93. The molecule has 2 rings (SSSR count). The molecule has 2 heterocycles. The highest BCUT2D eigenvalue weighted by molar-refractivity contribution is 7.91. The van der Waals surface area contributed by atoms with Crippen LogP contribution in [0.1, 0.15) is 6.42 Å². The number of carbonyl (C=O) groups excluding carboxylic acids is 1. The van der Waals surface area contributed by atoms with Crippen molar-refractivity contribution in [2.24, 2.45) is 17.1 Å². The number of hydrogen-bond acceptors (Lipinski definition) is 4. The van der Waals surface area contributed by atoms with Crippen LogP contribution in [0.25, 0.3) is 0 Å². The Hall–Kier alpha value is -0.620. The van der Waals surface area contributed by atoms with Crippen LogP contribution in [0.4, 0.5) is 0 Å². The minimum atomic E-state index is -2.95. The average molecular weight is 218 g/mol. The van der Waals surface area contributed by atoms with E-state index in [9.17, 15) is 13.2 Å². The lowest BCUT2D eigenvalue weighted by atomic mass is 9.77. The van der Waals surface area contributed by atoms with Crippen LogP contribution < -0.4 is 11.1 Å². The topological polar surface area (TPSA) is 89.3 Å². The summed E-state index contributed by atoms with van der Waals surface area (Å²) in [6, 6.07) is 0. The maximum atomic E-state index is 11.4. The van der Waals surface area contributed by atoms with Gasteiger partial charge in [0.05, 0.1) is 17.4 Å². The van der Waals surface area contributed by atoms with Gasteiger partial charge in [-0.3, -0.25) is 4.79 Å². The lowest BCUT2D eigenvalue weighted by Crippen LogP contribution is -2.39. The Morgan fingerprint density at radius 3 is 2.71 bits per heavy atom. The van der Waals surface area contributed by atoms with E-state index in [0.29, 0.717) is 19.5 Å². The predicted octanol–water partition coefficient (Wildman–Crippen LogP) is -1.50. The van der Waals surface area contributed by atoms with E-state index in [2.05, 4.69) is 5.32 Å². The molecule has 2 saturated heterocycles. The van der Waals surface area contributed by atoms with E-state index < -0.39 is 15.3 Å². The first-order valence-electron chi connectivity index (χ1n) is 4.66. The molecule has 0 aromatic carbocycles. The van der Waals surface area contributed by atoms with Gasteiger partial charge < -0.3 is 11.1 Å². The largest absolute Gasteiger partial charge is 0.369 e. The van der Waals surface area contributed by atoms with Crippen molar-refractivity contribution in [3.8, 4) is 0 Å². The smallest absolute Gasteiger partial charge is 0.222 e. The van der Waals surface area contributed by atoms with Gasteiger partial charge in [-0.05, 0) is 6.42 Å². The number of rotatable bonds is 1. The van der Waals surface area contributed by atoms with Gasteiger partial charge in [0, 0.05) is 18.5 Å². The highest BCUT2D eigenvalue weighted by atomic mass is 32.2. The zero-order chi connectivity index (χ0) is 10.4. The van der Waals surface area contributed by atoms with Gasteiger partial charge in [0.25, 0.3) is 0 Å². The highest BCUT2D eigenvalue weighted by Crippen LogP contribution is 2.41. The molecule has 0 radical (unpaired) electrons. The van der Waals surface area contributed by atoms with Crippen molar-refractivity contribution in [2.45, 2.75) is 6.42 Å². The Balaban J connectivity index is 2.28. The Labute approximate surface area is 83.0 Å². The van der Waals surface area contributed by atoms with Crippen LogP contribution in [-0.4, -0.2) is 38.9 Å². The average Bonchev–Trinajstić information content (AvgIpc) is 2.57. The van der Waals surface area contributed by atoms with Gasteiger partial charge in [-0.1, -0.05) is 0 Å². The molecular formula is C8H14N2O3S. The summed E-state index contributed by atoms with van der Waals surface area (Å²) < 4.78 is 22.8. The van der Waals surface area contributed by atoms with E-state index in [1.807, 2.05) is 0 Å². The van der Waals surface area contributed by atoms with Crippen LogP contribution in [0.5, 0.6) is 0 Å². The van der Waals surface area contributed by atoms with Crippen LogP contribution in [0.3, 0.4) is 0 Å². The van der Waals surface area contributed by atoms with E-state index >= 15 is 0 Å². The SMILES string of the molecule is NC(=O)C1CNCC12CCS(=O)(=O)C2. The molecule has 6 heteroatoms. The number of hydrogen-bond donors (Lipinski definition) is 2. The lowest BCUT2D eigenvalue weighted by Gasteiger charge is -2.25. The van der Waals surface area contributed by atoms with Crippen LogP contribution >= 0.6 is 0 Å². The summed E-state index contributed by atoms with van der Waals surface area (Å²) in [6.07, 6.45) is 0.565. The van der Waals surface area contributed by atoms with Crippen LogP contribution in [0, 0.1) is 11.3 Å². The van der Waals surface area contributed by atoms with E-state index in [1.165, 1.54) is 0 Å². The van der Waals surface area contributed by atoms with Crippen LogP contribution in [0.2, 0.25) is 0 Å². The molecule has 1 amide bonds. The van der Waals surface area contributed by atoms with E-state index in [1.54, 1.807) is 0 Å². The predicted molar refractivity (Wildman–Crippen MR) is 51.3 cm³/mol. The highest BCUT2D eigenvalue weighted by Gasteiger charge is 2.52. The molecule has 80 valence electrons. The summed E-state index contributed by atoms with van der Waals surface area (Å²) >= 11 is 0. The van der Waals surface area contributed by atoms with Gasteiger partial charge in [0.1, 0.15) is 0 Å². The number of nitrogens with two attached hydrogens (primary N) is 1. The normalized spacial score (nSPS) is 40.4. The number of amides is 1. The molecule has 0 saturated carbocycles. The van der Waals surface area contributed by atoms with Gasteiger partial charge in [-0.15, -0.1) is 0 Å². The molecule has 2 aliphatic heterocycles. The molecule has 14 heavy (non-hydrogen) atoms. The maximum Gasteiger partial charge on any atom is 0.222 e. The first-order chi connectivity index (χ1) is 6.45. The summed E-state index contributed by atoms with van der Waals surface area (Å²) in [5.74, 6) is -0.397. The van der Waals surface area contributed by atoms with Crippen molar-refractivity contribution in [2.75, 3.05) is 24.6 Å². The number of sulfone groups is 1. The summed E-state index contributed by atoms with van der Waals surface area (Å²) in [5.41, 5.74) is 4.86. The van der Waals surface area contributed by atoms with E-state index in [0.717, 1.165) is 0 Å². The van der Waals surface area contributed by atoms with E-state index in [-0.39, 0.29) is 23.3 Å². The Kier molecular flexibility index (Phi) is 2.08. The third kappa shape index (κ3) is 1.42. The van der Waals surface area contributed by atoms with Gasteiger partial charge in [-0.2, -0.15) is 0 Å². The standard InChI is InChI=1S/C8H14N2O3S/c9-7(11)6-3-10-4-8(6)1-2-14(12,13)5-8/h6,10H,1-5H2,(H2,9,11). The number of nitrogens with one attached hydrogen (secondary N) is 1. The molecule has 3 N–H and O–H groups in total. The Morgan fingerprint density at radius 1 is 1.50 bits per heavy atom. The van der Waals surface area contributed by atoms with Crippen LogP contribution in [-0.2, 0) is 14.6 Å². The van der Waals surface area contributed by atoms with Crippen molar-refractivity contribution >= 4 is 15.7 Å². The van der Waals surface area contributed by atoms with Gasteiger partial charge >= 0.3 is 0 Å². The molecule has 2 unspecified atom stereocenters. The van der Waals surface area contributed by atoms with Crippen molar-refractivity contribution in [3.05, 3.63) is 0 Å². The van der Waals surface area contributed by atoms with Crippen molar-refractivity contribution in [1.82, 2.24) is 5.32 Å². The second-order valence-electron chi connectivity index (χ2n) is 4.29. The number of carbonyl (C=O) groups is 1. The van der Waals surface area contributed by atoms with E-state index in [4.69, 9.17) is 5.73 Å². The van der Waals surface area contributed by atoms with Crippen molar-refractivity contribution in [3.63, 3.8) is 0 Å². The molecule has 0 bridgehead atoms. The zero-order valence-electron chi connectivity index (χ0n) is 7.82. The molecule has 0 aromatic rings. The maximum absolute atomic E-state index is 11.4. The molecule has 5 nitrogen and oxygen atoms in total. The minimum absolute atomic E-state index is 0.112. The fraction of sp³-hybridized carbons (Fsp3) is 0.875. The van der Waals surface area contributed by atoms with Crippen molar-refractivity contribution in [1.29, 1.82) is 0 Å². The molecule has 1 spiro atoms. The van der Waals surface area contributed by atoms with Gasteiger partial charge in [0.15, 0.2) is 9.84 Å². The monoisotopic (exact) mass is 218 g/mol. The first-order valence-corrected chi connectivity index (χ1v) is 6.48. The molecule has 0 aromatic heterocycles. The quantitative estimate of drug-likeness (QED) is 0.560. The zero-order valence-corrected chi connectivity index (χ0v) is 8.64. The van der Waals surface area contributed by atoms with Crippen LogP contribution in [0.15, 0.2) is 0 Å². The molecule has 2 atom stereocenters. The summed E-state index contributed by atoms with van der Waals surface area (Å²) in [5, 5.41) is 3.06. The molecular weight excluding hydrogens is 204 g/mol. The minimum Gasteiger partial charge on any atom is -0.369 e. The molecule has 2 fully saturated rings. The fourth-order valence-electron chi connectivity index (χ4n) is 2.56. The fourth-order valence-corrected chi connectivity index (χ4v) is 4.75. The van der Waals surface area contributed by atoms with Crippen molar-refractivity contribution < 1.29 is 13.2 Å². The van der Waals surface area contributed by atoms with Gasteiger partial charge in [-0.25, -0.2) is 8.42 Å². The summed E-state index contributed by atoms with van der Waals surface area (Å²) in [7, 11) is -2.95. The summed E-state index contributed by atoms with van der Waals surface area (Å²) in [6.45, 7) is 1.12. The third-order valence-electron chi connectivity index (χ3n) is 3.33. The van der Waals surface area contributed by atoms with Gasteiger partial charge in [0.2, 0.25) is 5.91 Å². The molecule has 0 aliphatic carbocycles. The third-order valence-corrected chi connectivity index (χ3v) is 5.17. The Bertz CT molecular complexity index is 365. The first kappa shape index (κ1) is 9.92. The Morgan fingerprint density at radius 2 is 2.21 bits per heavy atom. The second-order valence-corrected chi connectivity index (χ2v) is 6.47.